The second-order valence-electron chi connectivity index (χ2n) is 0.735. The van der Waals surface area contributed by atoms with E-state index in [1.54, 1.807) is 0 Å². The fraction of sp³-hybridized carbons (Fsp3) is 0.500. The van der Waals surface area contributed by atoms with E-state index in [1.807, 2.05) is 5.37 Å². The molecule has 4 heavy (non-hydrogen) atoms. The quantitative estimate of drug-likeness (QED) is 0.417. The molecule has 1 heterocycles. The van der Waals surface area contributed by atoms with Crippen LogP contribution in [0.5, 0.6) is 0 Å². The standard InChI is InChI=1S/C2H4OS/c3-4-1-2-4/h1,3H,2H2. The van der Waals surface area contributed by atoms with E-state index in [-0.39, 0.29) is 10.8 Å². The fourth-order valence-electron chi connectivity index (χ4n) is 0.0304. The maximum absolute atomic E-state index is 8.14. The first-order valence-electron chi connectivity index (χ1n) is 1.12. The summed E-state index contributed by atoms with van der Waals surface area (Å²) in [6.45, 7) is 0. The fourth-order valence-corrected chi connectivity index (χ4v) is 0.274. The predicted octanol–water partition coefficient (Wildman–Crippen LogP) is 0.544. The molecule has 1 N–H and O–H groups in total. The molecule has 0 aliphatic carbocycles. The molecular formula is C2H4OS. The van der Waals surface area contributed by atoms with E-state index in [2.05, 4.69) is 0 Å². The van der Waals surface area contributed by atoms with Crippen molar-refractivity contribution in [2.75, 3.05) is 5.75 Å². The average molecular weight is 76.1 g/mol. The van der Waals surface area contributed by atoms with Crippen molar-refractivity contribution in [3.63, 3.8) is 0 Å². The minimum Gasteiger partial charge on any atom is -0.337 e. The zero-order valence-electron chi connectivity index (χ0n) is 2.14. The zero-order chi connectivity index (χ0) is 2.99. The molecule has 1 aliphatic heterocycles. The van der Waals surface area contributed by atoms with Crippen LogP contribution in [0.2, 0.25) is 0 Å². The van der Waals surface area contributed by atoms with Gasteiger partial charge >= 0.3 is 0 Å². The van der Waals surface area contributed by atoms with Gasteiger partial charge in [0.2, 0.25) is 0 Å². The molecule has 1 aliphatic rings. The topological polar surface area (TPSA) is 20.2 Å². The molecule has 0 saturated heterocycles. The summed E-state index contributed by atoms with van der Waals surface area (Å²) in [5.74, 6) is 0.944. The molecule has 0 aromatic heterocycles. The molecule has 1 nitrogen and oxygen atoms in total. The monoisotopic (exact) mass is 76.0 g/mol. The van der Waals surface area contributed by atoms with Crippen molar-refractivity contribution in [2.24, 2.45) is 0 Å². The molecule has 0 radical (unpaired) electrons. The normalized spacial score (nSPS) is 37.8. The molecule has 2 heteroatoms. The Bertz CT molecular complexity index is 57.1. The van der Waals surface area contributed by atoms with Crippen molar-refractivity contribution < 1.29 is 4.55 Å². The van der Waals surface area contributed by atoms with Crippen LogP contribution < -0.4 is 0 Å². The first kappa shape index (κ1) is 2.42. The van der Waals surface area contributed by atoms with Gasteiger partial charge in [-0.3, -0.25) is 0 Å². The number of rotatable bonds is 0. The average Bonchev–Trinajstić information content (AvgIpc) is 1.75. The third kappa shape index (κ3) is 0.300. The van der Waals surface area contributed by atoms with Gasteiger partial charge in [0.25, 0.3) is 0 Å². The summed E-state index contributed by atoms with van der Waals surface area (Å²) in [4.78, 5) is 0. The lowest BCUT2D eigenvalue weighted by molar-refractivity contribution is 0.668. The lowest BCUT2D eigenvalue weighted by Gasteiger charge is -1.54. The minimum absolute atomic E-state index is 0.236. The van der Waals surface area contributed by atoms with Crippen LogP contribution in [-0.2, 0) is 0 Å². The zero-order valence-corrected chi connectivity index (χ0v) is 2.96. The third-order valence-corrected chi connectivity index (χ3v) is 0.947. The van der Waals surface area contributed by atoms with Gasteiger partial charge in [0.1, 0.15) is 0 Å². The Morgan fingerprint density at radius 3 is 2.25 bits per heavy atom. The first-order chi connectivity index (χ1) is 1.89. The summed E-state index contributed by atoms with van der Waals surface area (Å²) in [5.41, 5.74) is 0. The molecule has 0 saturated carbocycles. The van der Waals surface area contributed by atoms with E-state index >= 15 is 0 Å². The lowest BCUT2D eigenvalue weighted by atomic mass is 11.0. The molecule has 0 spiro atoms. The second kappa shape index (κ2) is 0.563. The Kier molecular flexibility index (Phi) is 0.341. The Balaban J connectivity index is 2.54. The van der Waals surface area contributed by atoms with Crippen LogP contribution in [0.15, 0.2) is 0 Å². The lowest BCUT2D eigenvalue weighted by Crippen LogP contribution is -1.34. The highest BCUT2D eigenvalue weighted by Gasteiger charge is 1.95. The Hall–Kier alpha value is 0.180. The van der Waals surface area contributed by atoms with Crippen LogP contribution in [0.4, 0.5) is 0 Å². The molecule has 1 atom stereocenters. The van der Waals surface area contributed by atoms with Crippen molar-refractivity contribution in [2.45, 2.75) is 0 Å². The molecule has 1 unspecified atom stereocenters. The van der Waals surface area contributed by atoms with Crippen molar-refractivity contribution in [1.29, 1.82) is 0 Å². The Labute approximate surface area is 27.4 Å². The maximum Gasteiger partial charge on any atom is 0.0375 e. The van der Waals surface area contributed by atoms with E-state index < -0.39 is 0 Å². The number of hydrogen-bond donors (Lipinski definition) is 1. The summed E-state index contributed by atoms with van der Waals surface area (Å²) < 4.78 is 8.14. The maximum atomic E-state index is 8.14. The molecular weight excluding hydrogens is 72.1 g/mol. The SMILES string of the molecule is OS1=CC1. The summed E-state index contributed by atoms with van der Waals surface area (Å²) >= 11 is 0. The van der Waals surface area contributed by atoms with Crippen LogP contribution in [0, 0.1) is 0 Å². The second-order valence-corrected chi connectivity index (χ2v) is 2.20. The van der Waals surface area contributed by atoms with Crippen LogP contribution in [0.1, 0.15) is 0 Å². The van der Waals surface area contributed by atoms with Gasteiger partial charge in [-0.2, -0.15) is 0 Å². The van der Waals surface area contributed by atoms with E-state index in [4.69, 9.17) is 4.55 Å². The number of hydrogen-bond acceptors (Lipinski definition) is 1. The summed E-state index contributed by atoms with van der Waals surface area (Å²) in [6.07, 6.45) is 0. The molecule has 0 bridgehead atoms. The summed E-state index contributed by atoms with van der Waals surface area (Å²) in [5, 5.41) is 1.88. The minimum atomic E-state index is -0.236. The van der Waals surface area contributed by atoms with Gasteiger partial charge in [-0.15, -0.1) is 0 Å². The molecule has 0 aromatic rings. The van der Waals surface area contributed by atoms with Crippen molar-refractivity contribution >= 4 is 16.1 Å². The molecule has 24 valence electrons. The largest absolute Gasteiger partial charge is 0.337 e. The van der Waals surface area contributed by atoms with Gasteiger partial charge in [0, 0.05) is 5.75 Å². The van der Waals surface area contributed by atoms with E-state index in [0.717, 1.165) is 5.75 Å². The molecule has 1 rings (SSSR count). The van der Waals surface area contributed by atoms with Gasteiger partial charge in [-0.05, 0) is 5.37 Å². The summed E-state index contributed by atoms with van der Waals surface area (Å²) in [6, 6.07) is 0. The predicted molar refractivity (Wildman–Crippen MR) is 21.2 cm³/mol. The van der Waals surface area contributed by atoms with Crippen molar-refractivity contribution in [1.82, 2.24) is 0 Å². The van der Waals surface area contributed by atoms with Crippen LogP contribution in [0.3, 0.4) is 0 Å². The third-order valence-electron chi connectivity index (χ3n) is 0.316. The van der Waals surface area contributed by atoms with E-state index in [9.17, 15) is 0 Å². The van der Waals surface area contributed by atoms with Crippen molar-refractivity contribution in [3.05, 3.63) is 0 Å². The van der Waals surface area contributed by atoms with Gasteiger partial charge in [-0.1, -0.05) is 10.8 Å². The Morgan fingerprint density at radius 1 is 2.00 bits per heavy atom. The van der Waals surface area contributed by atoms with Gasteiger partial charge in [0.15, 0.2) is 0 Å². The van der Waals surface area contributed by atoms with Crippen molar-refractivity contribution in [3.8, 4) is 0 Å². The van der Waals surface area contributed by atoms with Crippen LogP contribution in [-0.4, -0.2) is 15.7 Å². The van der Waals surface area contributed by atoms with E-state index in [1.165, 1.54) is 0 Å². The van der Waals surface area contributed by atoms with Crippen LogP contribution in [0.25, 0.3) is 0 Å². The molecule has 0 aromatic carbocycles. The van der Waals surface area contributed by atoms with Crippen LogP contribution >= 0.6 is 10.8 Å². The molecule has 0 fully saturated rings. The highest BCUT2D eigenvalue weighted by molar-refractivity contribution is 8.18. The summed E-state index contributed by atoms with van der Waals surface area (Å²) in [7, 11) is -0.236. The first-order valence-corrected chi connectivity index (χ1v) is 2.53. The Morgan fingerprint density at radius 2 is 2.25 bits per heavy atom. The highest BCUT2D eigenvalue weighted by Crippen LogP contribution is 2.14. The van der Waals surface area contributed by atoms with E-state index in [0.29, 0.717) is 0 Å². The van der Waals surface area contributed by atoms with Gasteiger partial charge in [0.05, 0.1) is 0 Å². The molecule has 0 amide bonds. The van der Waals surface area contributed by atoms with Gasteiger partial charge < -0.3 is 4.55 Å². The highest BCUT2D eigenvalue weighted by atomic mass is 32.2. The smallest absolute Gasteiger partial charge is 0.0375 e. The van der Waals surface area contributed by atoms with Gasteiger partial charge in [-0.25, -0.2) is 0 Å².